The lowest BCUT2D eigenvalue weighted by Gasteiger charge is -2.37. The Balaban J connectivity index is 1.83. The van der Waals surface area contributed by atoms with E-state index in [0.29, 0.717) is 5.92 Å². The van der Waals surface area contributed by atoms with E-state index in [0.717, 1.165) is 42.9 Å². The maximum atomic E-state index is 12.9. The summed E-state index contributed by atoms with van der Waals surface area (Å²) in [5, 5.41) is 10.6. The van der Waals surface area contributed by atoms with Crippen LogP contribution in [-0.2, 0) is 4.79 Å². The van der Waals surface area contributed by atoms with Crippen molar-refractivity contribution in [3.8, 4) is 0 Å². The lowest BCUT2D eigenvalue weighted by atomic mass is 9.92. The highest BCUT2D eigenvalue weighted by Gasteiger charge is 2.33. The van der Waals surface area contributed by atoms with Crippen molar-refractivity contribution in [2.24, 2.45) is 0 Å². The number of hydrogen-bond donors (Lipinski definition) is 2. The molecule has 1 aliphatic heterocycles. The molecule has 5 heteroatoms. The zero-order chi connectivity index (χ0) is 17.8. The molecule has 3 rings (SSSR count). The minimum Gasteiger partial charge on any atom is -0.352 e. The molecule has 0 aliphatic carbocycles. The third-order valence-electron chi connectivity index (χ3n) is 4.76. The highest BCUT2D eigenvalue weighted by molar-refractivity contribution is 5.83. The first kappa shape index (κ1) is 17.7. The summed E-state index contributed by atoms with van der Waals surface area (Å²) in [5.41, 5.74) is 3.25. The van der Waals surface area contributed by atoms with E-state index in [2.05, 4.69) is 26.5 Å². The molecule has 1 saturated heterocycles. The second-order valence-electron chi connectivity index (χ2n) is 7.29. The summed E-state index contributed by atoms with van der Waals surface area (Å²) < 4.78 is 0. The molecule has 0 spiro atoms. The molecule has 1 aliphatic rings. The Hall–Kier alpha value is -2.14. The molecular formula is C20H28N4O. The van der Waals surface area contributed by atoms with Crippen LogP contribution in [0, 0.1) is 6.92 Å². The second-order valence-corrected chi connectivity index (χ2v) is 7.29. The van der Waals surface area contributed by atoms with E-state index < -0.39 is 0 Å². The zero-order valence-corrected chi connectivity index (χ0v) is 15.3. The maximum Gasteiger partial charge on any atom is 0.242 e. The molecule has 2 heterocycles. The fourth-order valence-corrected chi connectivity index (χ4v) is 3.66. The van der Waals surface area contributed by atoms with E-state index in [9.17, 15) is 4.79 Å². The third kappa shape index (κ3) is 4.28. The summed E-state index contributed by atoms with van der Waals surface area (Å²) in [6.07, 6.45) is 2.20. The minimum atomic E-state index is -0.244. The van der Waals surface area contributed by atoms with E-state index >= 15 is 0 Å². The Morgan fingerprint density at radius 3 is 2.72 bits per heavy atom. The van der Waals surface area contributed by atoms with Crippen LogP contribution in [0.2, 0.25) is 0 Å². The van der Waals surface area contributed by atoms with Crippen molar-refractivity contribution >= 4 is 5.91 Å². The average molecular weight is 340 g/mol. The average Bonchev–Trinajstić information content (AvgIpc) is 3.02. The third-order valence-corrected chi connectivity index (χ3v) is 4.76. The van der Waals surface area contributed by atoms with Crippen molar-refractivity contribution < 1.29 is 4.79 Å². The number of hydrogen-bond acceptors (Lipinski definition) is 3. The first-order valence-corrected chi connectivity index (χ1v) is 9.16. The highest BCUT2D eigenvalue weighted by atomic mass is 16.2. The normalized spacial score (nSPS) is 19.8. The van der Waals surface area contributed by atoms with Gasteiger partial charge in [-0.25, -0.2) is 0 Å². The lowest BCUT2D eigenvalue weighted by molar-refractivity contribution is -0.127. The molecule has 25 heavy (non-hydrogen) atoms. The van der Waals surface area contributed by atoms with Crippen molar-refractivity contribution in [3.05, 3.63) is 53.3 Å². The number of benzene rings is 1. The molecule has 1 aromatic heterocycles. The summed E-state index contributed by atoms with van der Waals surface area (Å²) in [6.45, 7) is 7.83. The molecule has 2 N–H and O–H groups in total. The van der Waals surface area contributed by atoms with Gasteiger partial charge in [-0.15, -0.1) is 0 Å². The van der Waals surface area contributed by atoms with E-state index in [1.807, 2.05) is 51.1 Å². The number of aromatic nitrogens is 2. The van der Waals surface area contributed by atoms with Gasteiger partial charge in [-0.3, -0.25) is 14.8 Å². The standard InChI is InChI=1S/C20H28N4O/c1-14(2)21-20(25)19(16-8-5-4-6-9-16)24-11-7-10-17(13-24)18-12-15(3)22-23-18/h4-6,8-9,12,14,17,19H,7,10-11,13H2,1-3H3,(H,21,25)(H,22,23). The van der Waals surface area contributed by atoms with Gasteiger partial charge in [0.2, 0.25) is 5.91 Å². The second kappa shape index (κ2) is 7.83. The first-order chi connectivity index (χ1) is 12.0. The van der Waals surface area contributed by atoms with E-state index in [-0.39, 0.29) is 18.0 Å². The van der Waals surface area contributed by atoms with Gasteiger partial charge in [0.1, 0.15) is 6.04 Å². The largest absolute Gasteiger partial charge is 0.352 e. The Morgan fingerprint density at radius 1 is 1.32 bits per heavy atom. The van der Waals surface area contributed by atoms with E-state index in [1.54, 1.807) is 0 Å². The van der Waals surface area contributed by atoms with Crippen LogP contribution >= 0.6 is 0 Å². The Bertz CT molecular complexity index is 695. The monoisotopic (exact) mass is 340 g/mol. The number of aromatic amines is 1. The molecule has 2 unspecified atom stereocenters. The number of carbonyl (C=O) groups excluding carboxylic acids is 1. The van der Waals surface area contributed by atoms with Crippen LogP contribution in [0.15, 0.2) is 36.4 Å². The molecule has 1 aromatic carbocycles. The Labute approximate surface area is 149 Å². The Kier molecular flexibility index (Phi) is 5.53. The van der Waals surface area contributed by atoms with Gasteiger partial charge in [0.05, 0.1) is 5.69 Å². The molecule has 0 radical (unpaired) electrons. The van der Waals surface area contributed by atoms with Gasteiger partial charge in [0, 0.05) is 24.2 Å². The summed E-state index contributed by atoms with van der Waals surface area (Å²) in [4.78, 5) is 15.2. The van der Waals surface area contributed by atoms with E-state index in [1.165, 1.54) is 0 Å². The number of rotatable bonds is 5. The van der Waals surface area contributed by atoms with E-state index in [4.69, 9.17) is 0 Å². The van der Waals surface area contributed by atoms with Gasteiger partial charge in [0.25, 0.3) is 0 Å². The molecule has 1 amide bonds. The van der Waals surface area contributed by atoms with Crippen LogP contribution in [-0.4, -0.2) is 40.1 Å². The molecule has 0 bridgehead atoms. The van der Waals surface area contributed by atoms with Gasteiger partial charge in [-0.2, -0.15) is 5.10 Å². The van der Waals surface area contributed by atoms with Gasteiger partial charge in [-0.05, 0) is 51.8 Å². The van der Waals surface area contributed by atoms with Gasteiger partial charge in [-0.1, -0.05) is 30.3 Å². The number of carbonyl (C=O) groups is 1. The van der Waals surface area contributed by atoms with Gasteiger partial charge < -0.3 is 5.32 Å². The summed E-state index contributed by atoms with van der Waals surface area (Å²) in [7, 11) is 0. The first-order valence-electron chi connectivity index (χ1n) is 9.16. The van der Waals surface area contributed by atoms with Crippen LogP contribution in [0.4, 0.5) is 0 Å². The van der Waals surface area contributed by atoms with Crippen LogP contribution in [0.5, 0.6) is 0 Å². The smallest absolute Gasteiger partial charge is 0.242 e. The summed E-state index contributed by atoms with van der Waals surface area (Å²) in [6, 6.07) is 12.1. The number of amides is 1. The highest BCUT2D eigenvalue weighted by Crippen LogP contribution is 2.31. The SMILES string of the molecule is Cc1cc(C2CCCN(C(C(=O)NC(C)C)c3ccccc3)C2)n[nH]1. The summed E-state index contributed by atoms with van der Waals surface area (Å²) in [5.74, 6) is 0.455. The van der Waals surface area contributed by atoms with Crippen LogP contribution in [0.25, 0.3) is 0 Å². The molecule has 134 valence electrons. The quantitative estimate of drug-likeness (QED) is 0.879. The van der Waals surface area contributed by atoms with Crippen LogP contribution in [0.1, 0.15) is 55.6 Å². The van der Waals surface area contributed by atoms with Crippen molar-refractivity contribution in [2.75, 3.05) is 13.1 Å². The molecule has 2 aromatic rings. The topological polar surface area (TPSA) is 61.0 Å². The fraction of sp³-hybridized carbons (Fsp3) is 0.500. The van der Waals surface area contributed by atoms with Gasteiger partial charge >= 0.3 is 0 Å². The van der Waals surface area contributed by atoms with Crippen LogP contribution in [0.3, 0.4) is 0 Å². The Morgan fingerprint density at radius 2 is 2.08 bits per heavy atom. The number of nitrogens with zero attached hydrogens (tertiary/aromatic N) is 2. The van der Waals surface area contributed by atoms with Crippen LogP contribution < -0.4 is 5.32 Å². The van der Waals surface area contributed by atoms with Gasteiger partial charge in [0.15, 0.2) is 0 Å². The van der Waals surface area contributed by atoms with Crippen molar-refractivity contribution in [2.45, 2.75) is 51.6 Å². The predicted octanol–water partition coefficient (Wildman–Crippen LogP) is 3.16. The number of nitrogens with one attached hydrogen (secondary N) is 2. The molecule has 1 fully saturated rings. The number of H-pyrrole nitrogens is 1. The predicted molar refractivity (Wildman–Crippen MR) is 99.3 cm³/mol. The van der Waals surface area contributed by atoms with Crippen molar-refractivity contribution in [1.82, 2.24) is 20.4 Å². The van der Waals surface area contributed by atoms with Crippen molar-refractivity contribution in [1.29, 1.82) is 0 Å². The number of aryl methyl sites for hydroxylation is 1. The molecular weight excluding hydrogens is 312 g/mol. The number of piperidine rings is 1. The zero-order valence-electron chi connectivity index (χ0n) is 15.3. The number of likely N-dealkylation sites (tertiary alicyclic amines) is 1. The summed E-state index contributed by atoms with van der Waals surface area (Å²) >= 11 is 0. The fourth-order valence-electron chi connectivity index (χ4n) is 3.66. The van der Waals surface area contributed by atoms with Crippen molar-refractivity contribution in [3.63, 3.8) is 0 Å². The molecule has 5 nitrogen and oxygen atoms in total. The maximum absolute atomic E-state index is 12.9. The lowest BCUT2D eigenvalue weighted by Crippen LogP contribution is -2.46. The molecule has 2 atom stereocenters. The molecule has 0 saturated carbocycles. The minimum absolute atomic E-state index is 0.0834.